The van der Waals surface area contributed by atoms with Gasteiger partial charge in [0.05, 0.1) is 11.4 Å². The summed E-state index contributed by atoms with van der Waals surface area (Å²) >= 11 is 3.37. The summed E-state index contributed by atoms with van der Waals surface area (Å²) in [6.45, 7) is 3.86. The van der Waals surface area contributed by atoms with Crippen molar-refractivity contribution >= 4 is 39.0 Å². The minimum absolute atomic E-state index is 0.0198. The highest BCUT2D eigenvalue weighted by atomic mass is 79.9. The minimum Gasteiger partial charge on any atom is -0.459 e. The molecule has 5 nitrogen and oxygen atoms in total. The Balaban J connectivity index is 1.75. The van der Waals surface area contributed by atoms with Gasteiger partial charge in [-0.3, -0.25) is 14.5 Å². The summed E-state index contributed by atoms with van der Waals surface area (Å²) in [7, 11) is 0. The average molecular weight is 559 g/mol. The van der Waals surface area contributed by atoms with Gasteiger partial charge in [0.2, 0.25) is 0 Å². The van der Waals surface area contributed by atoms with Gasteiger partial charge in [-0.25, -0.2) is 0 Å². The van der Waals surface area contributed by atoms with E-state index in [9.17, 15) is 22.8 Å². The van der Waals surface area contributed by atoms with Gasteiger partial charge in [-0.2, -0.15) is 13.2 Å². The molecule has 1 N–H and O–H groups in total. The lowest BCUT2D eigenvalue weighted by Gasteiger charge is -2.36. The molecule has 0 unspecified atom stereocenters. The fourth-order valence-corrected chi connectivity index (χ4v) is 5.15. The third-order valence-electron chi connectivity index (χ3n) is 6.39. The third kappa shape index (κ3) is 4.36. The zero-order valence-corrected chi connectivity index (χ0v) is 21.0. The van der Waals surface area contributed by atoms with Crippen LogP contribution in [-0.4, -0.2) is 17.9 Å². The molecule has 0 bridgehead atoms. The number of benzene rings is 2. The van der Waals surface area contributed by atoms with Gasteiger partial charge in [-0.15, -0.1) is 0 Å². The second-order valence-corrected chi connectivity index (χ2v) is 10.7. The number of carbonyl (C=O) groups is 2. The molecule has 2 aliphatic rings. The van der Waals surface area contributed by atoms with Crippen molar-refractivity contribution in [2.45, 2.75) is 38.9 Å². The molecule has 1 aliphatic heterocycles. The zero-order chi connectivity index (χ0) is 25.8. The van der Waals surface area contributed by atoms with Crippen molar-refractivity contribution in [1.29, 1.82) is 0 Å². The van der Waals surface area contributed by atoms with E-state index in [1.807, 2.05) is 26.0 Å². The molecule has 5 rings (SSSR count). The van der Waals surface area contributed by atoms with Crippen molar-refractivity contribution in [3.05, 3.63) is 82.2 Å². The van der Waals surface area contributed by atoms with Crippen molar-refractivity contribution in [2.75, 3.05) is 10.2 Å². The van der Waals surface area contributed by atoms with Gasteiger partial charge in [-0.1, -0.05) is 54.0 Å². The van der Waals surface area contributed by atoms with Gasteiger partial charge >= 0.3 is 12.1 Å². The largest absolute Gasteiger partial charge is 0.471 e. The average Bonchev–Trinajstić information content (AvgIpc) is 3.22. The van der Waals surface area contributed by atoms with Crippen LogP contribution in [0.3, 0.4) is 0 Å². The van der Waals surface area contributed by atoms with Crippen LogP contribution in [0.1, 0.15) is 38.5 Å². The van der Waals surface area contributed by atoms with Gasteiger partial charge in [0, 0.05) is 27.7 Å². The quantitative estimate of drug-likeness (QED) is 0.355. The molecule has 2 heterocycles. The van der Waals surface area contributed by atoms with Crippen LogP contribution in [0.25, 0.3) is 11.3 Å². The lowest BCUT2D eigenvalue weighted by Crippen LogP contribution is -2.45. The maximum absolute atomic E-state index is 14.0. The fraction of sp³-hybridized carbons (Fsp3) is 0.259. The molecule has 1 aliphatic carbocycles. The molecule has 3 aromatic rings. The molecular formula is C27H22BrF3N2O3. The zero-order valence-electron chi connectivity index (χ0n) is 19.4. The number of anilines is 2. The van der Waals surface area contributed by atoms with E-state index in [4.69, 9.17) is 4.42 Å². The number of Topliss-reactive ketones (excluding diaryl/α,β-unsaturated/α-hetero) is 1. The molecule has 0 saturated heterocycles. The van der Waals surface area contributed by atoms with Gasteiger partial charge in [0.25, 0.3) is 0 Å². The smallest absolute Gasteiger partial charge is 0.459 e. The molecule has 1 aromatic heterocycles. The van der Waals surface area contributed by atoms with Gasteiger partial charge in [0.1, 0.15) is 17.6 Å². The van der Waals surface area contributed by atoms with Gasteiger partial charge in [-0.05, 0) is 48.2 Å². The predicted octanol–water partition coefficient (Wildman–Crippen LogP) is 7.41. The van der Waals surface area contributed by atoms with Gasteiger partial charge < -0.3 is 9.73 Å². The first-order valence-electron chi connectivity index (χ1n) is 11.3. The summed E-state index contributed by atoms with van der Waals surface area (Å²) in [5, 5.41) is 3.18. The lowest BCUT2D eigenvalue weighted by atomic mass is 9.74. The summed E-state index contributed by atoms with van der Waals surface area (Å²) in [6, 6.07) is 15.3. The van der Waals surface area contributed by atoms with Crippen LogP contribution < -0.4 is 10.2 Å². The molecule has 2 aromatic carbocycles. The van der Waals surface area contributed by atoms with E-state index in [0.717, 1.165) is 4.47 Å². The Morgan fingerprint density at radius 3 is 2.44 bits per heavy atom. The topological polar surface area (TPSA) is 62.6 Å². The Morgan fingerprint density at radius 1 is 1.06 bits per heavy atom. The summed E-state index contributed by atoms with van der Waals surface area (Å²) in [4.78, 5) is 27.1. The molecule has 1 atom stereocenters. The number of hydrogen-bond acceptors (Lipinski definition) is 4. The molecular weight excluding hydrogens is 537 g/mol. The molecule has 0 fully saturated rings. The molecule has 36 heavy (non-hydrogen) atoms. The van der Waals surface area contributed by atoms with Crippen LogP contribution >= 0.6 is 15.9 Å². The van der Waals surface area contributed by atoms with Crippen molar-refractivity contribution in [2.24, 2.45) is 5.41 Å². The molecule has 0 saturated carbocycles. The number of nitrogens with zero attached hydrogens (tertiary/aromatic N) is 1. The molecule has 0 radical (unpaired) electrons. The second kappa shape index (κ2) is 8.65. The van der Waals surface area contributed by atoms with E-state index in [0.29, 0.717) is 34.0 Å². The monoisotopic (exact) mass is 558 g/mol. The van der Waals surface area contributed by atoms with E-state index in [1.54, 1.807) is 36.4 Å². The SMILES string of the molecule is CC1(C)CC(=O)C2=C(C1)Nc1ccccc1N(C(=O)C(F)(F)F)[C@H]2c1ccc(-c2ccc(Br)cc2)o1. The van der Waals surface area contributed by atoms with E-state index < -0.39 is 23.5 Å². The Hall–Kier alpha value is -3.33. The Labute approximate surface area is 214 Å². The standard InChI is InChI=1S/C27H22BrF3N2O3/c1-26(2)13-18-23(20(34)14-26)24(22-12-11-21(36-22)15-7-9-16(28)10-8-15)33(25(35)27(29,30)31)19-6-4-3-5-17(19)32-18/h3-12,24,32H,13-14H2,1-2H3/t24-/m0/s1. The number of amides is 1. The number of halogens is 4. The first-order valence-corrected chi connectivity index (χ1v) is 12.1. The maximum atomic E-state index is 14.0. The van der Waals surface area contributed by atoms with Crippen molar-refractivity contribution < 1.29 is 27.2 Å². The highest BCUT2D eigenvalue weighted by Crippen LogP contribution is 2.49. The van der Waals surface area contributed by atoms with Crippen LogP contribution in [0.5, 0.6) is 0 Å². The maximum Gasteiger partial charge on any atom is 0.471 e. The number of furan rings is 1. The minimum atomic E-state index is -5.17. The van der Waals surface area contributed by atoms with E-state index in [2.05, 4.69) is 21.2 Å². The number of carbonyl (C=O) groups excluding carboxylic acids is 2. The Morgan fingerprint density at radius 2 is 1.75 bits per heavy atom. The van der Waals surface area contributed by atoms with Crippen LogP contribution in [0.15, 0.2) is 80.8 Å². The number of para-hydroxylation sites is 2. The predicted molar refractivity (Wildman–Crippen MR) is 133 cm³/mol. The van der Waals surface area contributed by atoms with Crippen LogP contribution in [0.2, 0.25) is 0 Å². The van der Waals surface area contributed by atoms with Crippen molar-refractivity contribution in [3.63, 3.8) is 0 Å². The summed E-state index contributed by atoms with van der Waals surface area (Å²) in [6.07, 6.45) is -4.61. The van der Waals surface area contributed by atoms with Crippen LogP contribution in [-0.2, 0) is 9.59 Å². The van der Waals surface area contributed by atoms with Crippen LogP contribution in [0.4, 0.5) is 24.5 Å². The van der Waals surface area contributed by atoms with Crippen molar-refractivity contribution in [1.82, 2.24) is 0 Å². The molecule has 0 spiro atoms. The highest BCUT2D eigenvalue weighted by Gasteiger charge is 2.51. The Bertz CT molecular complexity index is 1390. The molecule has 9 heteroatoms. The number of rotatable bonds is 2. The summed E-state index contributed by atoms with van der Waals surface area (Å²) in [5.74, 6) is -1.92. The summed E-state index contributed by atoms with van der Waals surface area (Å²) < 4.78 is 48.8. The fourth-order valence-electron chi connectivity index (χ4n) is 4.89. The van der Waals surface area contributed by atoms with E-state index in [1.165, 1.54) is 12.1 Å². The number of hydrogen-bond donors (Lipinski definition) is 1. The van der Waals surface area contributed by atoms with Crippen molar-refractivity contribution in [3.8, 4) is 11.3 Å². The lowest BCUT2D eigenvalue weighted by molar-refractivity contribution is -0.171. The van der Waals surface area contributed by atoms with E-state index in [-0.39, 0.29) is 29.2 Å². The number of allylic oxidation sites excluding steroid dienone is 1. The number of fused-ring (bicyclic) bond motifs is 1. The number of alkyl halides is 3. The molecule has 1 amide bonds. The normalized spacial score (nSPS) is 19.3. The molecule has 186 valence electrons. The van der Waals surface area contributed by atoms with Crippen LogP contribution in [0, 0.1) is 5.41 Å². The van der Waals surface area contributed by atoms with Gasteiger partial charge in [0.15, 0.2) is 5.78 Å². The highest BCUT2D eigenvalue weighted by molar-refractivity contribution is 9.10. The first-order chi connectivity index (χ1) is 16.9. The third-order valence-corrected chi connectivity index (χ3v) is 6.92. The first kappa shape index (κ1) is 24.4. The second-order valence-electron chi connectivity index (χ2n) is 9.76. The Kier molecular flexibility index (Phi) is 5.86. The summed E-state index contributed by atoms with van der Waals surface area (Å²) in [5.41, 5.74) is 1.24. The van der Waals surface area contributed by atoms with E-state index >= 15 is 0 Å². The number of nitrogens with one attached hydrogen (secondary N) is 1. The number of ketones is 1.